The van der Waals surface area contributed by atoms with Crippen molar-refractivity contribution in [2.75, 3.05) is 0 Å². The van der Waals surface area contributed by atoms with Gasteiger partial charge in [-0.2, -0.15) is 0 Å². The van der Waals surface area contributed by atoms with Gasteiger partial charge in [0.1, 0.15) is 5.82 Å². The molecular weight excluding hydrogens is 259 g/mol. The Kier molecular flexibility index (Phi) is 3.38. The van der Waals surface area contributed by atoms with Crippen LogP contribution in [0.5, 0.6) is 0 Å². The average Bonchev–Trinajstić information content (AvgIpc) is 2.96. The summed E-state index contributed by atoms with van der Waals surface area (Å²) in [6, 6.07) is 4.96. The van der Waals surface area contributed by atoms with Gasteiger partial charge in [0, 0.05) is 10.5 Å². The number of hydrogen-bond acceptors (Lipinski definition) is 2. The first-order valence-corrected chi connectivity index (χ1v) is 5.90. The summed E-state index contributed by atoms with van der Waals surface area (Å²) in [5, 5.41) is 0. The Morgan fingerprint density at radius 2 is 2.20 bits per heavy atom. The van der Waals surface area contributed by atoms with E-state index in [4.69, 9.17) is 5.84 Å². The molecule has 82 valence electrons. The van der Waals surface area contributed by atoms with Crippen LogP contribution in [0.3, 0.4) is 0 Å². The molecule has 1 atom stereocenters. The van der Waals surface area contributed by atoms with Crippen LogP contribution in [-0.2, 0) is 0 Å². The van der Waals surface area contributed by atoms with Crippen LogP contribution in [0.1, 0.15) is 30.9 Å². The van der Waals surface area contributed by atoms with E-state index in [9.17, 15) is 4.39 Å². The number of nitrogens with one attached hydrogen (secondary N) is 1. The fourth-order valence-electron chi connectivity index (χ4n) is 1.76. The van der Waals surface area contributed by atoms with Gasteiger partial charge >= 0.3 is 0 Å². The van der Waals surface area contributed by atoms with E-state index in [1.54, 1.807) is 0 Å². The maximum Gasteiger partial charge on any atom is 0.124 e. The normalized spacial score (nSPS) is 17.8. The summed E-state index contributed by atoms with van der Waals surface area (Å²) >= 11 is 3.28. The molecule has 0 heterocycles. The van der Waals surface area contributed by atoms with Crippen LogP contribution >= 0.6 is 15.9 Å². The Morgan fingerprint density at radius 1 is 1.47 bits per heavy atom. The zero-order valence-corrected chi connectivity index (χ0v) is 9.93. The Hall–Kier alpha value is -0.450. The van der Waals surface area contributed by atoms with E-state index >= 15 is 0 Å². The summed E-state index contributed by atoms with van der Waals surface area (Å²) in [5.41, 5.74) is 3.67. The van der Waals surface area contributed by atoms with Crippen molar-refractivity contribution in [3.8, 4) is 0 Å². The van der Waals surface area contributed by atoms with Crippen molar-refractivity contribution in [3.63, 3.8) is 0 Å². The van der Waals surface area contributed by atoms with E-state index in [-0.39, 0.29) is 11.9 Å². The maximum absolute atomic E-state index is 13.2. The van der Waals surface area contributed by atoms with Crippen molar-refractivity contribution in [1.29, 1.82) is 0 Å². The van der Waals surface area contributed by atoms with Gasteiger partial charge in [0.2, 0.25) is 0 Å². The molecule has 1 unspecified atom stereocenters. The predicted octanol–water partition coefficient (Wildman–Crippen LogP) is 2.89. The van der Waals surface area contributed by atoms with Crippen LogP contribution in [0.4, 0.5) is 4.39 Å². The summed E-state index contributed by atoms with van der Waals surface area (Å²) in [6.07, 6.45) is 3.54. The largest absolute Gasteiger partial charge is 0.271 e. The van der Waals surface area contributed by atoms with Crippen molar-refractivity contribution < 1.29 is 4.39 Å². The highest BCUT2D eigenvalue weighted by atomic mass is 79.9. The van der Waals surface area contributed by atoms with E-state index in [0.29, 0.717) is 0 Å². The van der Waals surface area contributed by atoms with E-state index < -0.39 is 0 Å². The van der Waals surface area contributed by atoms with Gasteiger partial charge in [0.15, 0.2) is 0 Å². The van der Waals surface area contributed by atoms with Crippen LogP contribution in [0.15, 0.2) is 22.7 Å². The molecule has 3 N–H and O–H groups in total. The Bertz CT molecular complexity index is 332. The van der Waals surface area contributed by atoms with Crippen molar-refractivity contribution in [3.05, 3.63) is 34.1 Å². The minimum Gasteiger partial charge on any atom is -0.271 e. The van der Waals surface area contributed by atoms with E-state index in [2.05, 4.69) is 21.4 Å². The smallest absolute Gasteiger partial charge is 0.124 e. The van der Waals surface area contributed by atoms with Crippen LogP contribution in [0.2, 0.25) is 0 Å². The first-order chi connectivity index (χ1) is 7.19. The monoisotopic (exact) mass is 272 g/mol. The zero-order chi connectivity index (χ0) is 10.8. The number of rotatable bonds is 4. The molecule has 1 fully saturated rings. The number of benzene rings is 1. The van der Waals surface area contributed by atoms with E-state index in [1.807, 2.05) is 6.07 Å². The average molecular weight is 273 g/mol. The lowest BCUT2D eigenvalue weighted by Gasteiger charge is -2.16. The molecule has 0 aliphatic heterocycles. The van der Waals surface area contributed by atoms with Gasteiger partial charge in [-0.3, -0.25) is 11.3 Å². The molecular formula is C11H14BrFN2. The second kappa shape index (κ2) is 4.60. The van der Waals surface area contributed by atoms with Gasteiger partial charge in [-0.25, -0.2) is 4.39 Å². The third-order valence-corrected chi connectivity index (χ3v) is 3.21. The number of hydrazine groups is 1. The second-order valence-electron chi connectivity index (χ2n) is 4.10. The van der Waals surface area contributed by atoms with E-state index in [1.165, 1.54) is 25.0 Å². The lowest BCUT2D eigenvalue weighted by Crippen LogP contribution is -2.28. The number of halogens is 2. The number of hydrogen-bond donors (Lipinski definition) is 2. The van der Waals surface area contributed by atoms with Crippen molar-refractivity contribution in [2.45, 2.75) is 25.3 Å². The third-order valence-electron chi connectivity index (χ3n) is 2.75. The molecule has 2 nitrogen and oxygen atoms in total. The fourth-order valence-corrected chi connectivity index (χ4v) is 2.25. The molecule has 0 saturated heterocycles. The summed E-state index contributed by atoms with van der Waals surface area (Å²) in [6.45, 7) is 0. The predicted molar refractivity (Wildman–Crippen MR) is 61.5 cm³/mol. The van der Waals surface area contributed by atoms with Gasteiger partial charge in [0.05, 0.1) is 0 Å². The van der Waals surface area contributed by atoms with Gasteiger partial charge in [-0.1, -0.05) is 28.8 Å². The van der Waals surface area contributed by atoms with Crippen LogP contribution in [0, 0.1) is 11.7 Å². The SMILES string of the molecule is NNC(CC1CC1)c1cc(F)cc(Br)c1. The molecule has 0 spiro atoms. The molecule has 0 amide bonds. The molecule has 1 saturated carbocycles. The van der Waals surface area contributed by atoms with E-state index in [0.717, 1.165) is 22.4 Å². The lowest BCUT2D eigenvalue weighted by atomic mass is 10.0. The zero-order valence-electron chi connectivity index (χ0n) is 8.34. The maximum atomic E-state index is 13.2. The quantitative estimate of drug-likeness (QED) is 0.654. The van der Waals surface area contributed by atoms with Gasteiger partial charge < -0.3 is 0 Å². The van der Waals surface area contributed by atoms with Crippen molar-refractivity contribution >= 4 is 15.9 Å². The van der Waals surface area contributed by atoms with Crippen LogP contribution < -0.4 is 11.3 Å². The van der Waals surface area contributed by atoms with Crippen LogP contribution in [-0.4, -0.2) is 0 Å². The molecule has 1 aromatic carbocycles. The Balaban J connectivity index is 2.16. The van der Waals surface area contributed by atoms with Gasteiger partial charge in [-0.15, -0.1) is 0 Å². The van der Waals surface area contributed by atoms with Gasteiger partial charge in [0.25, 0.3) is 0 Å². The Morgan fingerprint density at radius 3 is 2.73 bits per heavy atom. The summed E-state index contributed by atoms with van der Waals surface area (Å²) in [4.78, 5) is 0. The standard InChI is InChI=1S/C11H14BrFN2/c12-9-4-8(5-10(13)6-9)11(15-14)3-7-1-2-7/h4-7,11,15H,1-3,14H2. The first kappa shape index (κ1) is 11.0. The molecule has 1 aliphatic rings. The molecule has 1 aromatic rings. The van der Waals surface area contributed by atoms with Gasteiger partial charge in [-0.05, 0) is 36.1 Å². The van der Waals surface area contributed by atoms with Crippen molar-refractivity contribution in [2.24, 2.45) is 11.8 Å². The second-order valence-corrected chi connectivity index (χ2v) is 5.02. The lowest BCUT2D eigenvalue weighted by molar-refractivity contribution is 0.483. The summed E-state index contributed by atoms with van der Waals surface area (Å²) in [5.74, 6) is 6.02. The summed E-state index contributed by atoms with van der Waals surface area (Å²) < 4.78 is 13.9. The first-order valence-electron chi connectivity index (χ1n) is 5.11. The third kappa shape index (κ3) is 3.00. The topological polar surface area (TPSA) is 38.0 Å². The minimum absolute atomic E-state index is 0.0597. The molecule has 1 aliphatic carbocycles. The molecule has 0 bridgehead atoms. The van der Waals surface area contributed by atoms with Crippen molar-refractivity contribution in [1.82, 2.24) is 5.43 Å². The molecule has 15 heavy (non-hydrogen) atoms. The molecule has 0 aromatic heterocycles. The highest BCUT2D eigenvalue weighted by Crippen LogP contribution is 2.37. The molecule has 0 radical (unpaired) electrons. The minimum atomic E-state index is -0.226. The fraction of sp³-hybridized carbons (Fsp3) is 0.455. The number of nitrogens with two attached hydrogens (primary N) is 1. The highest BCUT2D eigenvalue weighted by Gasteiger charge is 2.26. The molecule has 4 heteroatoms. The summed E-state index contributed by atoms with van der Waals surface area (Å²) in [7, 11) is 0. The van der Waals surface area contributed by atoms with Crippen LogP contribution in [0.25, 0.3) is 0 Å². The Labute approximate surface area is 97.1 Å². The highest BCUT2D eigenvalue weighted by molar-refractivity contribution is 9.10. The molecule has 2 rings (SSSR count).